The van der Waals surface area contributed by atoms with Gasteiger partial charge in [0.2, 0.25) is 11.9 Å². The van der Waals surface area contributed by atoms with Gasteiger partial charge in [-0.2, -0.15) is 64.0 Å². The third kappa shape index (κ3) is 10.5. The second-order valence-corrected chi connectivity index (χ2v) is 19.2. The molecule has 10 N–H and O–H groups in total. The van der Waals surface area contributed by atoms with Crippen LogP contribution in [0.15, 0.2) is 137 Å². The first-order valence-corrected chi connectivity index (χ1v) is 23.8. The molecule has 0 bridgehead atoms. The Morgan fingerprint density at radius 2 is 0.970 bits per heavy atom. The number of fused-ring (bicyclic) bond motifs is 2. The number of rotatable bonds is 13. The Kier molecular flexibility index (Phi) is 12.2. The predicted molar refractivity (Wildman–Crippen MR) is 234 cm³/mol. The summed E-state index contributed by atoms with van der Waals surface area (Å²) < 4.78 is 136. The number of azo groups is 2. The number of primary amides is 1. The normalized spacial score (nSPS) is 12.6. The van der Waals surface area contributed by atoms with Crippen LogP contribution >= 0.6 is 0 Å². The number of amides is 2. The molecule has 66 heavy (non-hydrogen) atoms. The summed E-state index contributed by atoms with van der Waals surface area (Å²) in [7, 11) is -19.5. The molecule has 7 aromatic rings. The number of nitrogens with two attached hydrogens (primary N) is 1. The molecule has 25 nitrogen and oxygen atoms in total. The van der Waals surface area contributed by atoms with Gasteiger partial charge in [0, 0.05) is 32.9 Å². The first-order valence-electron chi connectivity index (χ1n) is 18.0. The lowest BCUT2D eigenvalue weighted by atomic mass is 10.1. The Morgan fingerprint density at radius 3 is 1.41 bits per heavy atom. The van der Waals surface area contributed by atoms with Crippen molar-refractivity contribution in [3.8, 4) is 6.01 Å². The van der Waals surface area contributed by atoms with E-state index in [0.29, 0.717) is 11.3 Å². The van der Waals surface area contributed by atoms with Crippen molar-refractivity contribution in [2.45, 2.75) is 26.5 Å². The predicted octanol–water partition coefficient (Wildman–Crippen LogP) is 6.99. The zero-order valence-corrected chi connectivity index (χ0v) is 36.3. The molecule has 0 aliphatic heterocycles. The Balaban J connectivity index is 1.13. The summed E-state index contributed by atoms with van der Waals surface area (Å²) >= 11 is 0. The highest BCUT2D eigenvalue weighted by Crippen LogP contribution is 2.37. The van der Waals surface area contributed by atoms with Gasteiger partial charge in [-0.25, -0.2) is 4.79 Å². The number of nitrogens with zero attached hydrogens (tertiary/aromatic N) is 7. The van der Waals surface area contributed by atoms with Crippen molar-refractivity contribution in [2.75, 3.05) is 16.0 Å². The third-order valence-electron chi connectivity index (χ3n) is 9.05. The highest BCUT2D eigenvalue weighted by atomic mass is 32.2. The molecule has 6 aromatic carbocycles. The van der Waals surface area contributed by atoms with Gasteiger partial charge in [-0.3, -0.25) is 18.2 Å². The third-order valence-corrected chi connectivity index (χ3v) is 12.7. The topological polar surface area (TPSA) is 405 Å². The highest BCUT2D eigenvalue weighted by molar-refractivity contribution is 7.87. The molecule has 1 aromatic heterocycles. The maximum Gasteiger partial charge on any atom is 0.320 e. The largest absolute Gasteiger partial charge is 0.479 e. The van der Waals surface area contributed by atoms with E-state index in [2.05, 4.69) is 51.4 Å². The standard InChI is InChI=1S/C37H29N11O14S4/c1-18-12-19(8-10-27(18)47-45-21-13-25-23(32(16-21)65(57,58)59)4-2-6-30(25)63(51,52)53)39-35-42-36(44-37(50)43-35)40-20-9-11-28(29(15-20)41-34(38)49)48-46-22-14-26-24(33(17-22)66(60,61)62)5-3-7-31(26)64(54,55)56/h2-17H,1H3,(H3,38,41,49)(H,51,52,53)(H,54,55,56)(H,57,58,59)(H,60,61,62)(H3,39,40,42,43,44,50)/b47-45+,48-46+. The fraction of sp³-hybridized carbons (Fsp3) is 0.0270. The molecule has 1 heterocycles. The van der Waals surface area contributed by atoms with E-state index in [9.17, 15) is 61.8 Å². The summed E-state index contributed by atoms with van der Waals surface area (Å²) in [5.41, 5.74) is 6.06. The minimum absolute atomic E-state index is 0.0680. The molecule has 0 aliphatic carbocycles. The van der Waals surface area contributed by atoms with Crippen molar-refractivity contribution >= 4 is 120 Å². The first kappa shape index (κ1) is 46.4. The average molecular weight is 980 g/mol. The molecule has 0 radical (unpaired) electrons. The number of hydrogen-bond donors (Lipinski definition) is 9. The van der Waals surface area contributed by atoms with Gasteiger partial charge < -0.3 is 26.8 Å². The minimum Gasteiger partial charge on any atom is -0.479 e. The molecule has 0 aliphatic rings. The highest BCUT2D eigenvalue weighted by Gasteiger charge is 2.23. The lowest BCUT2D eigenvalue weighted by molar-refractivity contribution is 0.259. The summed E-state index contributed by atoms with van der Waals surface area (Å²) in [5, 5.41) is 33.5. The van der Waals surface area contributed by atoms with E-state index in [-0.39, 0.29) is 67.6 Å². The van der Waals surface area contributed by atoms with Crippen LogP contribution in [-0.4, -0.2) is 78.0 Å². The van der Waals surface area contributed by atoms with Gasteiger partial charge in [-0.1, -0.05) is 24.3 Å². The number of hydrogen-bond acceptors (Lipinski definition) is 19. The molecular formula is C37H29N11O14S4. The second kappa shape index (κ2) is 17.4. The van der Waals surface area contributed by atoms with Crippen LogP contribution in [-0.2, 0) is 40.5 Å². The Labute approximate surface area is 372 Å². The molecule has 0 unspecified atom stereocenters. The summed E-state index contributed by atoms with van der Waals surface area (Å²) in [5.74, 6) is -0.382. The molecule has 0 fully saturated rings. The number of carbonyl (C=O) groups excluding carboxylic acids is 1. The van der Waals surface area contributed by atoms with Crippen molar-refractivity contribution in [3.63, 3.8) is 0 Å². The lowest BCUT2D eigenvalue weighted by Crippen LogP contribution is -2.19. The molecule has 7 rings (SSSR count). The number of aryl methyl sites for hydroxylation is 1. The number of carbonyl (C=O) groups is 1. The van der Waals surface area contributed by atoms with Gasteiger partial charge in [0.15, 0.2) is 0 Å². The number of benzene rings is 6. The number of nitrogens with one attached hydrogen (secondary N) is 3. The van der Waals surface area contributed by atoms with Crippen LogP contribution in [0.2, 0.25) is 0 Å². The average Bonchev–Trinajstić information content (AvgIpc) is 3.20. The number of aromatic hydroxyl groups is 1. The van der Waals surface area contributed by atoms with Crippen LogP contribution in [0.25, 0.3) is 21.5 Å². The maximum absolute atomic E-state index is 12.2. The summed E-state index contributed by atoms with van der Waals surface area (Å²) in [6, 6.07) is 17.8. The number of urea groups is 1. The summed E-state index contributed by atoms with van der Waals surface area (Å²) in [6.07, 6.45) is 0. The lowest BCUT2D eigenvalue weighted by Gasteiger charge is -2.12. The zero-order chi connectivity index (χ0) is 47.9. The van der Waals surface area contributed by atoms with Gasteiger partial charge in [0.25, 0.3) is 40.5 Å². The van der Waals surface area contributed by atoms with Crippen molar-refractivity contribution in [3.05, 3.63) is 103 Å². The molecular weight excluding hydrogens is 951 g/mol. The van der Waals surface area contributed by atoms with Crippen LogP contribution < -0.4 is 21.7 Å². The van der Waals surface area contributed by atoms with Crippen molar-refractivity contribution in [1.82, 2.24) is 15.0 Å². The van der Waals surface area contributed by atoms with Gasteiger partial charge >= 0.3 is 12.0 Å². The maximum atomic E-state index is 12.2. The van der Waals surface area contributed by atoms with E-state index >= 15 is 0 Å². The van der Waals surface area contributed by atoms with E-state index in [1.165, 1.54) is 54.6 Å². The second-order valence-electron chi connectivity index (χ2n) is 13.6. The van der Waals surface area contributed by atoms with E-state index in [0.717, 1.165) is 36.4 Å². The fourth-order valence-electron chi connectivity index (χ4n) is 6.35. The Hall–Kier alpha value is -7.64. The Bertz CT molecular complexity index is 3710. The van der Waals surface area contributed by atoms with E-state index in [1.807, 2.05) is 0 Å². The molecule has 2 amide bonds. The van der Waals surface area contributed by atoms with Gasteiger partial charge in [0.05, 0.1) is 22.7 Å². The van der Waals surface area contributed by atoms with Gasteiger partial charge in [-0.05, 0) is 85.3 Å². The number of aromatic nitrogens is 3. The molecule has 29 heteroatoms. The van der Waals surface area contributed by atoms with Gasteiger partial charge in [0.1, 0.15) is 25.3 Å². The summed E-state index contributed by atoms with van der Waals surface area (Å²) in [4.78, 5) is 21.2. The van der Waals surface area contributed by atoms with E-state index in [4.69, 9.17) is 5.73 Å². The quantitative estimate of drug-likeness (QED) is 0.0415. The molecule has 0 atom stereocenters. The minimum atomic E-state index is -4.95. The Morgan fingerprint density at radius 1 is 0.530 bits per heavy atom. The zero-order valence-electron chi connectivity index (χ0n) is 33.0. The van der Waals surface area contributed by atoms with Gasteiger partial charge in [-0.15, -0.1) is 5.11 Å². The van der Waals surface area contributed by atoms with Crippen molar-refractivity contribution < 1.29 is 61.8 Å². The van der Waals surface area contributed by atoms with Crippen LogP contribution in [0.5, 0.6) is 6.01 Å². The van der Waals surface area contributed by atoms with Crippen molar-refractivity contribution in [1.29, 1.82) is 0 Å². The smallest absolute Gasteiger partial charge is 0.320 e. The summed E-state index contributed by atoms with van der Waals surface area (Å²) in [6.45, 7) is 1.64. The van der Waals surface area contributed by atoms with Crippen LogP contribution in [0.4, 0.5) is 56.5 Å². The molecule has 0 saturated heterocycles. The molecule has 0 saturated carbocycles. The SMILES string of the molecule is Cc1cc(Nc2nc(O)nc(Nc3ccc(/N=N/c4cc(S(=O)(=O)O)c5cccc(S(=O)(=O)O)c5c4)c(NC(N)=O)c3)n2)ccc1/N=N/c1cc(S(=O)(=O)O)c2cccc(S(=O)(=O)O)c2c1. The van der Waals surface area contributed by atoms with Crippen LogP contribution in [0.3, 0.4) is 0 Å². The number of anilines is 5. The van der Waals surface area contributed by atoms with Crippen molar-refractivity contribution in [2.24, 2.45) is 26.2 Å². The van der Waals surface area contributed by atoms with E-state index < -0.39 is 72.1 Å². The first-order chi connectivity index (χ1) is 30.8. The molecule has 340 valence electrons. The fourth-order valence-corrected chi connectivity index (χ4v) is 9.19. The monoisotopic (exact) mass is 979 g/mol. The van der Waals surface area contributed by atoms with Crippen LogP contribution in [0.1, 0.15) is 5.56 Å². The van der Waals surface area contributed by atoms with Crippen LogP contribution in [0, 0.1) is 6.92 Å². The molecule has 0 spiro atoms. The van der Waals surface area contributed by atoms with E-state index in [1.54, 1.807) is 13.0 Å².